The van der Waals surface area contributed by atoms with Gasteiger partial charge in [-0.05, 0) is 71.3 Å². The minimum absolute atomic E-state index is 0.0259. The zero-order valence-corrected chi connectivity index (χ0v) is 16.0. The fraction of sp³-hybridized carbons (Fsp3) is 0.650. The van der Waals surface area contributed by atoms with E-state index in [1.54, 1.807) is 18.7 Å². The Hall–Kier alpha value is -1.43. The SMILES string of the molecule is CN(C)CC1(O)CCCN(C(=O)c2cccc(CCC(C)(C)O)c2)C1. The summed E-state index contributed by atoms with van der Waals surface area (Å²) in [4.78, 5) is 16.6. The van der Waals surface area contributed by atoms with E-state index in [-0.39, 0.29) is 5.91 Å². The maximum absolute atomic E-state index is 12.9. The molecule has 5 heteroatoms. The van der Waals surface area contributed by atoms with Crippen LogP contribution < -0.4 is 0 Å². The minimum atomic E-state index is -0.837. The second kappa shape index (κ2) is 7.85. The number of rotatable bonds is 6. The number of carbonyl (C=O) groups is 1. The smallest absolute Gasteiger partial charge is 0.253 e. The molecule has 0 bridgehead atoms. The van der Waals surface area contributed by atoms with Crippen LogP contribution in [0.25, 0.3) is 0 Å². The third kappa shape index (κ3) is 6.10. The van der Waals surface area contributed by atoms with Crippen molar-refractivity contribution in [3.8, 4) is 0 Å². The normalized spacial score (nSPS) is 21.6. The molecule has 0 spiro atoms. The molecule has 1 aromatic carbocycles. The third-order valence-corrected chi connectivity index (χ3v) is 4.65. The number of hydrogen-bond acceptors (Lipinski definition) is 4. The highest BCUT2D eigenvalue weighted by molar-refractivity contribution is 5.94. The molecule has 2 N–H and O–H groups in total. The van der Waals surface area contributed by atoms with E-state index in [1.165, 1.54) is 0 Å². The number of likely N-dealkylation sites (N-methyl/N-ethyl adjacent to an activating group) is 1. The number of aliphatic hydroxyl groups is 2. The molecule has 1 atom stereocenters. The molecule has 25 heavy (non-hydrogen) atoms. The molecule has 1 aliphatic rings. The molecule has 2 rings (SSSR count). The molecule has 0 aromatic heterocycles. The molecule has 0 saturated carbocycles. The monoisotopic (exact) mass is 348 g/mol. The van der Waals surface area contributed by atoms with Gasteiger partial charge >= 0.3 is 0 Å². The fourth-order valence-corrected chi connectivity index (χ4v) is 3.50. The summed E-state index contributed by atoms with van der Waals surface area (Å²) in [5.41, 5.74) is 0.154. The second-order valence-corrected chi connectivity index (χ2v) is 8.31. The predicted molar refractivity (Wildman–Crippen MR) is 99.7 cm³/mol. The van der Waals surface area contributed by atoms with Gasteiger partial charge in [0, 0.05) is 18.7 Å². The average Bonchev–Trinajstić information content (AvgIpc) is 2.50. The number of hydrogen-bond donors (Lipinski definition) is 2. The van der Waals surface area contributed by atoms with Crippen LogP contribution in [0.1, 0.15) is 49.0 Å². The van der Waals surface area contributed by atoms with Crippen molar-refractivity contribution in [2.45, 2.75) is 50.7 Å². The molecule has 1 unspecified atom stereocenters. The topological polar surface area (TPSA) is 64.0 Å². The standard InChI is InChI=1S/C20H32N2O3/c1-19(2,24)11-9-16-7-5-8-17(13-16)18(23)22-12-6-10-20(25,15-22)14-21(3)4/h5,7-8,13,24-25H,6,9-12,14-15H2,1-4H3. The lowest BCUT2D eigenvalue weighted by molar-refractivity contribution is -0.0391. The van der Waals surface area contributed by atoms with Crippen molar-refractivity contribution in [1.29, 1.82) is 0 Å². The highest BCUT2D eigenvalue weighted by Crippen LogP contribution is 2.24. The van der Waals surface area contributed by atoms with Gasteiger partial charge in [-0.1, -0.05) is 12.1 Å². The first-order valence-corrected chi connectivity index (χ1v) is 9.06. The van der Waals surface area contributed by atoms with Crippen LogP contribution in [0.15, 0.2) is 24.3 Å². The zero-order valence-electron chi connectivity index (χ0n) is 16.0. The van der Waals surface area contributed by atoms with E-state index >= 15 is 0 Å². The Kier molecular flexibility index (Phi) is 6.25. The van der Waals surface area contributed by atoms with Gasteiger partial charge < -0.3 is 20.0 Å². The van der Waals surface area contributed by atoms with Gasteiger partial charge in [-0.3, -0.25) is 4.79 Å². The Labute approximate surface area is 151 Å². The predicted octanol–water partition coefficient (Wildman–Crippen LogP) is 1.92. The largest absolute Gasteiger partial charge is 0.390 e. The van der Waals surface area contributed by atoms with Gasteiger partial charge in [-0.25, -0.2) is 0 Å². The maximum atomic E-state index is 12.9. The average molecular weight is 348 g/mol. The van der Waals surface area contributed by atoms with Gasteiger partial charge in [-0.2, -0.15) is 0 Å². The van der Waals surface area contributed by atoms with Crippen molar-refractivity contribution in [3.63, 3.8) is 0 Å². The van der Waals surface area contributed by atoms with Crippen LogP contribution in [0.5, 0.6) is 0 Å². The molecule has 1 heterocycles. The molecule has 0 aliphatic carbocycles. The highest BCUT2D eigenvalue weighted by atomic mass is 16.3. The summed E-state index contributed by atoms with van der Waals surface area (Å²) in [6.45, 7) is 5.20. The lowest BCUT2D eigenvalue weighted by atomic mass is 9.91. The number of nitrogens with zero attached hydrogens (tertiary/aromatic N) is 2. The molecule has 1 aliphatic heterocycles. The quantitative estimate of drug-likeness (QED) is 0.824. The third-order valence-electron chi connectivity index (χ3n) is 4.65. The van der Waals surface area contributed by atoms with Crippen molar-refractivity contribution in [3.05, 3.63) is 35.4 Å². The Bertz CT molecular complexity index is 595. The zero-order chi connectivity index (χ0) is 18.7. The summed E-state index contributed by atoms with van der Waals surface area (Å²) >= 11 is 0. The second-order valence-electron chi connectivity index (χ2n) is 8.31. The molecular formula is C20H32N2O3. The van der Waals surface area contributed by atoms with Crippen LogP contribution in [0.3, 0.4) is 0 Å². The molecule has 1 saturated heterocycles. The summed E-state index contributed by atoms with van der Waals surface area (Å²) in [7, 11) is 3.87. The molecule has 5 nitrogen and oxygen atoms in total. The van der Waals surface area contributed by atoms with E-state index < -0.39 is 11.2 Å². The Morgan fingerprint density at radius 1 is 1.36 bits per heavy atom. The number of β-amino-alcohol motifs (C(OH)–C–C–N with tert-alkyl or cyclic N) is 1. The highest BCUT2D eigenvalue weighted by Gasteiger charge is 2.35. The van der Waals surface area contributed by atoms with Crippen LogP contribution in [0.4, 0.5) is 0 Å². The van der Waals surface area contributed by atoms with Gasteiger partial charge in [0.05, 0.1) is 17.7 Å². The van der Waals surface area contributed by atoms with Gasteiger partial charge in [0.2, 0.25) is 0 Å². The molecular weight excluding hydrogens is 316 g/mol. The molecule has 1 aromatic rings. The van der Waals surface area contributed by atoms with Crippen molar-refractivity contribution >= 4 is 5.91 Å². The van der Waals surface area contributed by atoms with Gasteiger partial charge in [0.15, 0.2) is 0 Å². The first-order valence-electron chi connectivity index (χ1n) is 9.06. The molecule has 140 valence electrons. The van der Waals surface area contributed by atoms with E-state index in [9.17, 15) is 15.0 Å². The van der Waals surface area contributed by atoms with Crippen molar-refractivity contribution in [1.82, 2.24) is 9.80 Å². The Morgan fingerprint density at radius 3 is 2.72 bits per heavy atom. The van der Waals surface area contributed by atoms with E-state index in [4.69, 9.17) is 0 Å². The van der Waals surface area contributed by atoms with Gasteiger partial charge in [-0.15, -0.1) is 0 Å². The lowest BCUT2D eigenvalue weighted by Gasteiger charge is -2.40. The van der Waals surface area contributed by atoms with E-state index in [1.807, 2.05) is 43.3 Å². The number of benzene rings is 1. The van der Waals surface area contributed by atoms with Crippen LogP contribution in [0, 0.1) is 0 Å². The summed E-state index contributed by atoms with van der Waals surface area (Å²) in [5.74, 6) is -0.0259. The number of amides is 1. The molecule has 1 fully saturated rings. The summed E-state index contributed by atoms with van der Waals surface area (Å²) < 4.78 is 0. The van der Waals surface area contributed by atoms with E-state index in [2.05, 4.69) is 0 Å². The van der Waals surface area contributed by atoms with E-state index in [0.717, 1.165) is 24.8 Å². The summed E-state index contributed by atoms with van der Waals surface area (Å²) in [5, 5.41) is 20.7. The molecule has 0 radical (unpaired) electrons. The van der Waals surface area contributed by atoms with E-state index in [0.29, 0.717) is 31.6 Å². The van der Waals surface area contributed by atoms with Gasteiger partial charge in [0.1, 0.15) is 0 Å². The summed E-state index contributed by atoms with van der Waals surface area (Å²) in [6.07, 6.45) is 2.92. The van der Waals surface area contributed by atoms with Crippen LogP contribution in [-0.4, -0.2) is 70.9 Å². The van der Waals surface area contributed by atoms with Crippen molar-refractivity contribution in [2.24, 2.45) is 0 Å². The fourth-order valence-electron chi connectivity index (χ4n) is 3.50. The number of likely N-dealkylation sites (tertiary alicyclic amines) is 1. The lowest BCUT2D eigenvalue weighted by Crippen LogP contribution is -2.54. The number of piperidine rings is 1. The number of carbonyl (C=O) groups excluding carboxylic acids is 1. The first-order chi connectivity index (χ1) is 11.6. The Morgan fingerprint density at radius 2 is 2.08 bits per heavy atom. The van der Waals surface area contributed by atoms with Crippen LogP contribution >= 0.6 is 0 Å². The van der Waals surface area contributed by atoms with Crippen molar-refractivity contribution < 1.29 is 15.0 Å². The van der Waals surface area contributed by atoms with Gasteiger partial charge in [0.25, 0.3) is 5.91 Å². The van der Waals surface area contributed by atoms with Crippen LogP contribution in [0.2, 0.25) is 0 Å². The van der Waals surface area contributed by atoms with Crippen LogP contribution in [-0.2, 0) is 6.42 Å². The molecule has 1 amide bonds. The first kappa shape index (κ1) is 19.9. The summed E-state index contributed by atoms with van der Waals surface area (Å²) in [6, 6.07) is 7.62. The Balaban J connectivity index is 2.07. The van der Waals surface area contributed by atoms with Crippen molar-refractivity contribution in [2.75, 3.05) is 33.7 Å². The number of aryl methyl sites for hydroxylation is 1. The minimum Gasteiger partial charge on any atom is -0.390 e. The maximum Gasteiger partial charge on any atom is 0.253 e.